The third-order valence-corrected chi connectivity index (χ3v) is 5.84. The van der Waals surface area contributed by atoms with Gasteiger partial charge in [0.1, 0.15) is 5.56 Å². The van der Waals surface area contributed by atoms with E-state index in [0.717, 1.165) is 24.1 Å². The van der Waals surface area contributed by atoms with Crippen LogP contribution in [0.3, 0.4) is 0 Å². The summed E-state index contributed by atoms with van der Waals surface area (Å²) in [6, 6.07) is 13.4. The molecule has 0 radical (unpaired) electrons. The largest absolute Gasteiger partial charge is 0.350 e. The number of fused-ring (bicyclic) bond motifs is 1. The summed E-state index contributed by atoms with van der Waals surface area (Å²) < 4.78 is 0. The number of nitrogens with one attached hydrogen (secondary N) is 3. The van der Waals surface area contributed by atoms with Crippen molar-refractivity contribution in [2.45, 2.75) is 19.4 Å². The zero-order chi connectivity index (χ0) is 18.8. The van der Waals surface area contributed by atoms with Crippen LogP contribution in [0, 0.1) is 6.92 Å². The van der Waals surface area contributed by atoms with E-state index in [9.17, 15) is 9.59 Å². The molecule has 1 atom stereocenters. The third kappa shape index (κ3) is 3.72. The maximum atomic E-state index is 12.5. The van der Waals surface area contributed by atoms with Crippen molar-refractivity contribution in [3.05, 3.63) is 79.8 Å². The van der Waals surface area contributed by atoms with Crippen molar-refractivity contribution < 1.29 is 4.79 Å². The fraction of sp³-hybridized carbons (Fsp3) is 0.238. The van der Waals surface area contributed by atoms with E-state index in [1.807, 2.05) is 31.2 Å². The second kappa shape index (κ2) is 7.50. The van der Waals surface area contributed by atoms with Gasteiger partial charge in [-0.25, -0.2) is 0 Å². The van der Waals surface area contributed by atoms with E-state index >= 15 is 0 Å². The summed E-state index contributed by atoms with van der Waals surface area (Å²) >= 11 is 1.75. The predicted octanol–water partition coefficient (Wildman–Crippen LogP) is 3.03. The summed E-state index contributed by atoms with van der Waals surface area (Å²) in [7, 11) is 0. The molecule has 3 heterocycles. The van der Waals surface area contributed by atoms with Crippen LogP contribution in [0.2, 0.25) is 0 Å². The molecular weight excluding hydrogens is 358 g/mol. The average Bonchev–Trinajstić information content (AvgIpc) is 3.15. The van der Waals surface area contributed by atoms with Crippen LogP contribution in [0.4, 0.5) is 0 Å². The minimum absolute atomic E-state index is 0.0922. The Bertz CT molecular complexity index is 1040. The Kier molecular flexibility index (Phi) is 4.92. The van der Waals surface area contributed by atoms with Crippen LogP contribution in [0.15, 0.2) is 52.6 Å². The first-order valence-electron chi connectivity index (χ1n) is 9.00. The van der Waals surface area contributed by atoms with E-state index in [1.54, 1.807) is 23.5 Å². The maximum Gasteiger partial charge on any atom is 0.261 e. The SMILES string of the molecule is Cc1cccc(-c2ccc(C(=O)NCC3NCCc4sccc43)c(=O)[nH]2)c1. The molecule has 0 aliphatic carbocycles. The van der Waals surface area contributed by atoms with Crippen molar-refractivity contribution in [1.82, 2.24) is 15.6 Å². The van der Waals surface area contributed by atoms with Crippen LogP contribution in [0.5, 0.6) is 0 Å². The lowest BCUT2D eigenvalue weighted by atomic mass is 10.0. The summed E-state index contributed by atoms with van der Waals surface area (Å²) in [5.74, 6) is -0.351. The number of amides is 1. The molecule has 0 saturated heterocycles. The minimum Gasteiger partial charge on any atom is -0.350 e. The number of aromatic nitrogens is 1. The van der Waals surface area contributed by atoms with Gasteiger partial charge in [0.2, 0.25) is 0 Å². The number of thiophene rings is 1. The van der Waals surface area contributed by atoms with E-state index in [1.165, 1.54) is 10.4 Å². The highest BCUT2D eigenvalue weighted by Gasteiger charge is 2.21. The van der Waals surface area contributed by atoms with Gasteiger partial charge in [-0.2, -0.15) is 0 Å². The first-order valence-corrected chi connectivity index (χ1v) is 9.88. The third-order valence-electron chi connectivity index (χ3n) is 4.85. The van der Waals surface area contributed by atoms with E-state index in [4.69, 9.17) is 0 Å². The second-order valence-electron chi connectivity index (χ2n) is 6.75. The van der Waals surface area contributed by atoms with Crippen LogP contribution in [-0.4, -0.2) is 24.0 Å². The number of rotatable bonds is 4. The number of carbonyl (C=O) groups excluding carboxylic acids is 1. The molecule has 3 N–H and O–H groups in total. The van der Waals surface area contributed by atoms with Gasteiger partial charge in [0.25, 0.3) is 11.5 Å². The van der Waals surface area contributed by atoms with Crippen molar-refractivity contribution >= 4 is 17.2 Å². The number of aromatic amines is 1. The van der Waals surface area contributed by atoms with Crippen LogP contribution in [0.25, 0.3) is 11.3 Å². The van der Waals surface area contributed by atoms with E-state index in [2.05, 4.69) is 27.1 Å². The van der Waals surface area contributed by atoms with Gasteiger partial charge in [-0.1, -0.05) is 23.8 Å². The summed E-state index contributed by atoms with van der Waals surface area (Å²) in [6.07, 6.45) is 1.03. The summed E-state index contributed by atoms with van der Waals surface area (Å²) in [4.78, 5) is 29.1. The van der Waals surface area contributed by atoms with Crippen molar-refractivity contribution in [3.63, 3.8) is 0 Å². The summed E-state index contributed by atoms with van der Waals surface area (Å²) in [5, 5.41) is 8.40. The molecule has 0 spiro atoms. The molecule has 5 nitrogen and oxygen atoms in total. The first-order chi connectivity index (χ1) is 13.1. The molecule has 27 heavy (non-hydrogen) atoms. The lowest BCUT2D eigenvalue weighted by molar-refractivity contribution is 0.0947. The molecule has 1 aliphatic rings. The number of benzene rings is 1. The fourth-order valence-corrected chi connectivity index (χ4v) is 4.38. The van der Waals surface area contributed by atoms with Gasteiger partial charge in [-0.3, -0.25) is 9.59 Å². The Labute approximate surface area is 161 Å². The number of aryl methyl sites for hydroxylation is 1. The quantitative estimate of drug-likeness (QED) is 0.652. The fourth-order valence-electron chi connectivity index (χ4n) is 3.44. The molecule has 4 rings (SSSR count). The molecule has 138 valence electrons. The molecule has 1 unspecified atom stereocenters. The normalized spacial score (nSPS) is 16.0. The lowest BCUT2D eigenvalue weighted by Gasteiger charge is -2.24. The standard InChI is InChI=1S/C21H21N3O2S/c1-13-3-2-4-14(11-13)17-6-5-16(21(26)24-17)20(25)23-12-18-15-8-10-27-19(15)7-9-22-18/h2-6,8,10-11,18,22H,7,9,12H2,1H3,(H,23,25)(H,24,26). The highest BCUT2D eigenvalue weighted by Crippen LogP contribution is 2.27. The van der Waals surface area contributed by atoms with Crippen LogP contribution >= 0.6 is 11.3 Å². The average molecular weight is 379 g/mol. The zero-order valence-corrected chi connectivity index (χ0v) is 15.9. The van der Waals surface area contributed by atoms with Crippen molar-refractivity contribution in [3.8, 4) is 11.3 Å². The number of carbonyl (C=O) groups is 1. The number of hydrogen-bond donors (Lipinski definition) is 3. The Morgan fingerprint density at radius 2 is 2.15 bits per heavy atom. The van der Waals surface area contributed by atoms with Crippen LogP contribution in [-0.2, 0) is 6.42 Å². The minimum atomic E-state index is -0.376. The topological polar surface area (TPSA) is 74.0 Å². The number of hydrogen-bond acceptors (Lipinski definition) is 4. The van der Waals surface area contributed by atoms with Crippen molar-refractivity contribution in [2.24, 2.45) is 0 Å². The molecule has 1 aliphatic heterocycles. The number of H-pyrrole nitrogens is 1. The monoisotopic (exact) mass is 379 g/mol. The van der Waals surface area contributed by atoms with E-state index in [0.29, 0.717) is 12.2 Å². The van der Waals surface area contributed by atoms with Gasteiger partial charge in [0.15, 0.2) is 0 Å². The van der Waals surface area contributed by atoms with Crippen molar-refractivity contribution in [2.75, 3.05) is 13.1 Å². The zero-order valence-electron chi connectivity index (χ0n) is 15.0. The highest BCUT2D eigenvalue weighted by atomic mass is 32.1. The Balaban J connectivity index is 1.48. The molecule has 3 aromatic rings. The van der Waals surface area contributed by atoms with Gasteiger partial charge < -0.3 is 15.6 Å². The highest BCUT2D eigenvalue weighted by molar-refractivity contribution is 7.10. The first kappa shape index (κ1) is 17.7. The van der Waals surface area contributed by atoms with Crippen LogP contribution < -0.4 is 16.2 Å². The van der Waals surface area contributed by atoms with Crippen molar-refractivity contribution in [1.29, 1.82) is 0 Å². The Morgan fingerprint density at radius 3 is 2.96 bits per heavy atom. The van der Waals surface area contributed by atoms with E-state index < -0.39 is 0 Å². The molecule has 0 fully saturated rings. The van der Waals surface area contributed by atoms with Crippen LogP contribution in [0.1, 0.15) is 32.4 Å². The smallest absolute Gasteiger partial charge is 0.261 e. The number of pyridine rings is 1. The molecule has 1 aromatic carbocycles. The van der Waals surface area contributed by atoms with Gasteiger partial charge in [-0.15, -0.1) is 11.3 Å². The molecule has 2 aromatic heterocycles. The summed E-state index contributed by atoms with van der Waals surface area (Å²) in [5.41, 5.74) is 3.75. The molecule has 1 amide bonds. The molecule has 0 bridgehead atoms. The van der Waals surface area contributed by atoms with Gasteiger partial charge in [0.05, 0.1) is 6.04 Å². The van der Waals surface area contributed by atoms with Gasteiger partial charge >= 0.3 is 0 Å². The summed E-state index contributed by atoms with van der Waals surface area (Å²) in [6.45, 7) is 3.36. The maximum absolute atomic E-state index is 12.5. The Hall–Kier alpha value is -2.70. The second-order valence-corrected chi connectivity index (χ2v) is 7.75. The van der Waals surface area contributed by atoms with Gasteiger partial charge in [0, 0.05) is 23.7 Å². The molecule has 6 heteroatoms. The molecule has 0 saturated carbocycles. The lowest BCUT2D eigenvalue weighted by Crippen LogP contribution is -2.39. The Morgan fingerprint density at radius 1 is 1.26 bits per heavy atom. The van der Waals surface area contributed by atoms with Gasteiger partial charge in [-0.05, 0) is 54.1 Å². The molecular formula is C21H21N3O2S. The predicted molar refractivity (Wildman–Crippen MR) is 108 cm³/mol. The van der Waals surface area contributed by atoms with E-state index in [-0.39, 0.29) is 23.1 Å².